The van der Waals surface area contributed by atoms with Crippen LogP contribution in [0.15, 0.2) is 53.6 Å². The zero-order valence-electron chi connectivity index (χ0n) is 15.6. The first kappa shape index (κ1) is 18.0. The molecule has 7 nitrogen and oxygen atoms in total. The molecule has 0 unspecified atom stereocenters. The van der Waals surface area contributed by atoms with E-state index in [4.69, 9.17) is 11.6 Å². The summed E-state index contributed by atoms with van der Waals surface area (Å²) in [7, 11) is 0. The number of phenols is 1. The smallest absolute Gasteiger partial charge is 0.227 e. The highest BCUT2D eigenvalue weighted by molar-refractivity contribution is 6.35. The summed E-state index contributed by atoms with van der Waals surface area (Å²) in [4.78, 5) is 34.5. The summed E-state index contributed by atoms with van der Waals surface area (Å²) in [6.45, 7) is 5.41. The Labute approximate surface area is 172 Å². The molecule has 4 heterocycles. The molecule has 1 aliphatic carbocycles. The second-order valence-corrected chi connectivity index (χ2v) is 7.75. The van der Waals surface area contributed by atoms with Gasteiger partial charge in [-0.15, -0.1) is 0 Å². The van der Waals surface area contributed by atoms with Crippen molar-refractivity contribution in [1.82, 2.24) is 19.7 Å². The van der Waals surface area contributed by atoms with Crippen LogP contribution in [0.5, 0.6) is 5.75 Å². The molecule has 0 bridgehead atoms. The molecule has 3 fully saturated rings. The van der Waals surface area contributed by atoms with Gasteiger partial charge in [-0.2, -0.15) is 0 Å². The summed E-state index contributed by atoms with van der Waals surface area (Å²) in [6, 6.07) is 6.80. The first-order valence-corrected chi connectivity index (χ1v) is 9.94. The van der Waals surface area contributed by atoms with E-state index in [-0.39, 0.29) is 17.3 Å². The molecule has 4 aliphatic rings. The van der Waals surface area contributed by atoms with E-state index in [1.165, 1.54) is 12.1 Å². The van der Waals surface area contributed by atoms with Crippen molar-refractivity contribution in [3.05, 3.63) is 58.7 Å². The van der Waals surface area contributed by atoms with Crippen LogP contribution in [0, 0.1) is 0 Å². The van der Waals surface area contributed by atoms with Crippen LogP contribution in [-0.2, 0) is 9.59 Å². The summed E-state index contributed by atoms with van der Waals surface area (Å²) < 4.78 is 0. The number of hydrogen-bond acceptors (Lipinski definition) is 7. The molecule has 2 aromatic rings. The normalized spacial score (nSPS) is 19.9. The number of ketones is 2. The molecule has 0 radical (unpaired) electrons. The number of benzene rings is 1. The summed E-state index contributed by atoms with van der Waals surface area (Å²) in [5, 5.41) is 10.8. The van der Waals surface area contributed by atoms with E-state index in [2.05, 4.69) is 4.98 Å². The largest absolute Gasteiger partial charge is 0.506 e. The lowest BCUT2D eigenvalue weighted by atomic mass is 10.0. The van der Waals surface area contributed by atoms with Crippen molar-refractivity contribution in [2.24, 2.45) is 0 Å². The van der Waals surface area contributed by atoms with Crippen molar-refractivity contribution in [1.29, 1.82) is 0 Å². The third-order valence-corrected chi connectivity index (χ3v) is 5.51. The predicted molar refractivity (Wildman–Crippen MR) is 108 cm³/mol. The van der Waals surface area contributed by atoms with Crippen LogP contribution in [0.1, 0.15) is 0 Å². The molecule has 1 aromatic heterocycles. The lowest BCUT2D eigenvalue weighted by Gasteiger charge is -2.21. The lowest BCUT2D eigenvalue weighted by molar-refractivity contribution is -0.117. The molecule has 148 valence electrons. The number of Topliss-reactive ketones (excluding diaryl/α,β-unsaturated/α-hetero) is 1. The molecule has 8 heteroatoms. The first-order chi connectivity index (χ1) is 14.0. The summed E-state index contributed by atoms with van der Waals surface area (Å²) >= 11 is 5.88. The van der Waals surface area contributed by atoms with Gasteiger partial charge < -0.3 is 19.8 Å². The number of phenolic OH excluding ortho intramolecular Hbond substituents is 1. The Morgan fingerprint density at radius 3 is 2.17 bits per heavy atom. The van der Waals surface area contributed by atoms with E-state index in [1.807, 2.05) is 20.8 Å². The van der Waals surface area contributed by atoms with Crippen LogP contribution in [0.4, 0.5) is 0 Å². The van der Waals surface area contributed by atoms with E-state index in [0.29, 0.717) is 27.6 Å². The Balaban J connectivity index is 0.000000134. The molecular weight excluding hydrogens is 392 g/mol. The summed E-state index contributed by atoms with van der Waals surface area (Å²) in [6.07, 6.45) is 3.15. The molecule has 3 saturated heterocycles. The quantitative estimate of drug-likeness (QED) is 0.610. The fourth-order valence-corrected chi connectivity index (χ4v) is 3.61. The second kappa shape index (κ2) is 6.77. The number of aromatic nitrogens is 1. The standard InChI is InChI=1S/C12H13N3O2.C9H6ClNO/c16-9-7-8(13-1-2-13)12(17)11(15-5-6-15)10(9)14-3-4-14;10-7-3-4-8(12)9-6(7)2-1-5-11-9/h7H,1-6H2;1-5,12H. The Hall–Kier alpha value is -3.06. The average molecular weight is 411 g/mol. The third kappa shape index (κ3) is 3.42. The van der Waals surface area contributed by atoms with Gasteiger partial charge in [0, 0.05) is 56.9 Å². The number of aromatic hydroxyl groups is 1. The van der Waals surface area contributed by atoms with Crippen LogP contribution in [-0.4, -0.2) is 75.6 Å². The highest BCUT2D eigenvalue weighted by atomic mass is 35.5. The number of pyridine rings is 1. The Morgan fingerprint density at radius 2 is 1.55 bits per heavy atom. The molecule has 29 heavy (non-hydrogen) atoms. The minimum absolute atomic E-state index is 0.00546. The molecule has 0 saturated carbocycles. The first-order valence-electron chi connectivity index (χ1n) is 9.56. The number of hydrogen-bond donors (Lipinski definition) is 1. The van der Waals surface area contributed by atoms with Gasteiger partial charge in [0.25, 0.3) is 0 Å². The number of allylic oxidation sites excluding steroid dienone is 1. The zero-order valence-corrected chi connectivity index (χ0v) is 16.4. The minimum atomic E-state index is 0.00546. The maximum absolute atomic E-state index is 12.4. The van der Waals surface area contributed by atoms with Gasteiger partial charge in [0.1, 0.15) is 22.7 Å². The monoisotopic (exact) mass is 410 g/mol. The molecule has 0 amide bonds. The van der Waals surface area contributed by atoms with E-state index in [0.717, 1.165) is 44.7 Å². The highest BCUT2D eigenvalue weighted by Gasteiger charge is 2.43. The van der Waals surface area contributed by atoms with Gasteiger partial charge in [-0.05, 0) is 24.3 Å². The van der Waals surface area contributed by atoms with Crippen molar-refractivity contribution in [3.8, 4) is 5.75 Å². The molecule has 3 aliphatic heterocycles. The summed E-state index contributed by atoms with van der Waals surface area (Å²) in [5.41, 5.74) is 2.43. The third-order valence-electron chi connectivity index (χ3n) is 5.18. The highest BCUT2D eigenvalue weighted by Crippen LogP contribution is 2.34. The van der Waals surface area contributed by atoms with Gasteiger partial charge in [-0.1, -0.05) is 11.6 Å². The number of rotatable bonds is 3. The molecule has 0 atom stereocenters. The van der Waals surface area contributed by atoms with Crippen molar-refractivity contribution < 1.29 is 14.7 Å². The van der Waals surface area contributed by atoms with E-state index < -0.39 is 0 Å². The predicted octanol–water partition coefficient (Wildman–Crippen LogP) is 1.77. The van der Waals surface area contributed by atoms with Crippen molar-refractivity contribution >= 4 is 34.1 Å². The maximum atomic E-state index is 12.4. The van der Waals surface area contributed by atoms with E-state index in [1.54, 1.807) is 18.3 Å². The topological polar surface area (TPSA) is 76.3 Å². The molecular formula is C21H19ClN4O3. The minimum Gasteiger partial charge on any atom is -0.506 e. The van der Waals surface area contributed by atoms with Crippen LogP contribution in [0.2, 0.25) is 5.02 Å². The van der Waals surface area contributed by atoms with Crippen LogP contribution in [0.25, 0.3) is 10.9 Å². The SMILES string of the molecule is O=C1C=C(N2CC2)C(=O)C(N2CC2)=C1N1CC1.Oc1ccc(Cl)c2cccnc12. The molecule has 1 aromatic carbocycles. The summed E-state index contributed by atoms with van der Waals surface area (Å²) in [5.74, 6) is 0.211. The number of carbonyl (C=O) groups is 2. The fraction of sp³-hybridized carbons (Fsp3) is 0.286. The van der Waals surface area contributed by atoms with Gasteiger partial charge >= 0.3 is 0 Å². The van der Waals surface area contributed by atoms with Crippen LogP contribution >= 0.6 is 11.6 Å². The van der Waals surface area contributed by atoms with Crippen molar-refractivity contribution in [2.45, 2.75) is 0 Å². The number of fused-ring (bicyclic) bond motifs is 1. The second-order valence-electron chi connectivity index (χ2n) is 7.35. The van der Waals surface area contributed by atoms with Crippen molar-refractivity contribution in [2.75, 3.05) is 39.3 Å². The van der Waals surface area contributed by atoms with Gasteiger partial charge in [-0.3, -0.25) is 14.6 Å². The number of nitrogens with zero attached hydrogens (tertiary/aromatic N) is 4. The number of halogens is 1. The molecule has 6 rings (SSSR count). The van der Waals surface area contributed by atoms with Crippen LogP contribution < -0.4 is 0 Å². The average Bonchev–Trinajstić information content (AvgIpc) is 3.57. The van der Waals surface area contributed by atoms with Crippen molar-refractivity contribution in [3.63, 3.8) is 0 Å². The van der Waals surface area contributed by atoms with Gasteiger partial charge in [-0.25, -0.2) is 0 Å². The fourth-order valence-electron chi connectivity index (χ4n) is 3.40. The van der Waals surface area contributed by atoms with Gasteiger partial charge in [0.15, 0.2) is 0 Å². The Bertz CT molecular complexity index is 1060. The van der Waals surface area contributed by atoms with Gasteiger partial charge in [0.05, 0.1) is 10.7 Å². The lowest BCUT2D eigenvalue weighted by Crippen LogP contribution is -2.29. The van der Waals surface area contributed by atoms with Gasteiger partial charge in [0.2, 0.25) is 11.6 Å². The Morgan fingerprint density at radius 1 is 0.897 bits per heavy atom. The van der Waals surface area contributed by atoms with Crippen LogP contribution in [0.3, 0.4) is 0 Å². The maximum Gasteiger partial charge on any atom is 0.227 e. The Kier molecular flexibility index (Phi) is 4.20. The van der Waals surface area contributed by atoms with E-state index >= 15 is 0 Å². The number of carbonyl (C=O) groups excluding carboxylic acids is 2. The molecule has 0 spiro atoms. The zero-order chi connectivity index (χ0) is 20.1. The van der Waals surface area contributed by atoms with E-state index in [9.17, 15) is 14.7 Å². The molecule has 1 N–H and O–H groups in total.